The summed E-state index contributed by atoms with van der Waals surface area (Å²) in [5.74, 6) is -0.299. The molecule has 31 heavy (non-hydrogen) atoms. The largest absolute Gasteiger partial charge is 0.312 e. The maximum atomic E-state index is 13.4. The number of halogens is 1. The number of fused-ring (bicyclic) bond motifs is 2. The maximum Gasteiger partial charge on any atom is 0.280 e. The first kappa shape index (κ1) is 19.9. The number of hydrogen-bond acceptors (Lipinski definition) is 4. The molecule has 0 saturated heterocycles. The van der Waals surface area contributed by atoms with Gasteiger partial charge in [0.05, 0.1) is 31.9 Å². The van der Waals surface area contributed by atoms with Gasteiger partial charge in [-0.25, -0.2) is 4.98 Å². The molecule has 0 atom stereocenters. The molecule has 0 unspecified atom stereocenters. The van der Waals surface area contributed by atoms with Crippen molar-refractivity contribution in [3.05, 3.63) is 94.1 Å². The Labute approximate surface area is 191 Å². The summed E-state index contributed by atoms with van der Waals surface area (Å²) in [6.07, 6.45) is 1.79. The van der Waals surface area contributed by atoms with Crippen LogP contribution in [0.2, 0.25) is 5.02 Å². The molecule has 0 aliphatic rings. The van der Waals surface area contributed by atoms with Crippen molar-refractivity contribution in [2.24, 2.45) is 4.99 Å². The lowest BCUT2D eigenvalue weighted by Gasteiger charge is -2.06. The van der Waals surface area contributed by atoms with Crippen LogP contribution < -0.4 is 4.80 Å². The Bertz CT molecular complexity index is 1510. The average Bonchev–Trinajstić information content (AvgIpc) is 3.42. The van der Waals surface area contributed by atoms with Gasteiger partial charge < -0.3 is 4.57 Å². The zero-order valence-electron chi connectivity index (χ0n) is 16.3. The summed E-state index contributed by atoms with van der Waals surface area (Å²) in [5, 5.41) is 3.44. The Morgan fingerprint density at radius 2 is 2.03 bits per heavy atom. The molecule has 0 N–H and O–H groups in total. The molecule has 0 spiro atoms. The number of para-hydroxylation sites is 1. The van der Waals surface area contributed by atoms with Crippen molar-refractivity contribution in [1.29, 1.82) is 0 Å². The van der Waals surface area contributed by atoms with Gasteiger partial charge in [-0.3, -0.25) is 4.79 Å². The highest BCUT2D eigenvalue weighted by Crippen LogP contribution is 2.28. The number of nitrogens with zero attached hydrogens (tertiary/aromatic N) is 3. The Kier molecular flexibility index (Phi) is 5.28. The first-order valence-electron chi connectivity index (χ1n) is 9.56. The van der Waals surface area contributed by atoms with E-state index in [-0.39, 0.29) is 5.91 Å². The summed E-state index contributed by atoms with van der Waals surface area (Å²) in [6, 6.07) is 19.1. The van der Waals surface area contributed by atoms with E-state index in [0.29, 0.717) is 21.9 Å². The van der Waals surface area contributed by atoms with Crippen molar-refractivity contribution in [3.63, 3.8) is 0 Å². The van der Waals surface area contributed by atoms with Crippen molar-refractivity contribution in [2.45, 2.75) is 6.54 Å². The molecule has 5 aromatic rings. The van der Waals surface area contributed by atoms with Crippen LogP contribution in [0.3, 0.4) is 0 Å². The van der Waals surface area contributed by atoms with Crippen LogP contribution in [0.1, 0.15) is 10.4 Å². The smallest absolute Gasteiger partial charge is 0.280 e. The van der Waals surface area contributed by atoms with E-state index in [9.17, 15) is 4.79 Å². The summed E-state index contributed by atoms with van der Waals surface area (Å²) in [4.78, 5) is 24.3. The molecule has 7 heteroatoms. The zero-order chi connectivity index (χ0) is 21.4. The predicted octanol–water partition coefficient (Wildman–Crippen LogP) is 6.56. The second-order valence-electron chi connectivity index (χ2n) is 6.86. The van der Waals surface area contributed by atoms with Crippen LogP contribution in [0.5, 0.6) is 0 Å². The number of hydrogen-bond donors (Lipinski definition) is 0. The van der Waals surface area contributed by atoms with Crippen LogP contribution in [0.4, 0.5) is 0 Å². The predicted molar refractivity (Wildman–Crippen MR) is 130 cm³/mol. The van der Waals surface area contributed by atoms with E-state index in [0.717, 1.165) is 31.7 Å². The fraction of sp³-hybridized carbons (Fsp3) is 0.0417. The van der Waals surface area contributed by atoms with Gasteiger partial charge in [-0.1, -0.05) is 53.3 Å². The number of amides is 1. The van der Waals surface area contributed by atoms with Gasteiger partial charge in [-0.2, -0.15) is 4.99 Å². The monoisotopic (exact) mass is 461 g/mol. The van der Waals surface area contributed by atoms with E-state index in [1.807, 2.05) is 70.6 Å². The molecule has 4 nitrogen and oxygen atoms in total. The van der Waals surface area contributed by atoms with Crippen molar-refractivity contribution in [3.8, 4) is 10.6 Å². The fourth-order valence-corrected chi connectivity index (χ4v) is 5.49. The highest BCUT2D eigenvalue weighted by molar-refractivity contribution is 7.16. The Balaban J connectivity index is 1.72. The van der Waals surface area contributed by atoms with Crippen LogP contribution in [-0.2, 0) is 6.54 Å². The summed E-state index contributed by atoms with van der Waals surface area (Å²) >= 11 is 9.19. The molecule has 0 aliphatic carbocycles. The number of carbonyl (C=O) groups excluding carboxylic acids is 1. The van der Waals surface area contributed by atoms with Crippen LogP contribution in [-0.4, -0.2) is 15.5 Å². The lowest BCUT2D eigenvalue weighted by Crippen LogP contribution is -2.16. The average molecular weight is 462 g/mol. The van der Waals surface area contributed by atoms with Gasteiger partial charge in [0.2, 0.25) is 0 Å². The van der Waals surface area contributed by atoms with Crippen LogP contribution >= 0.6 is 34.3 Å². The van der Waals surface area contributed by atoms with E-state index in [1.54, 1.807) is 17.4 Å². The summed E-state index contributed by atoms with van der Waals surface area (Å²) < 4.78 is 2.95. The van der Waals surface area contributed by atoms with Crippen LogP contribution in [0.25, 0.3) is 31.7 Å². The van der Waals surface area contributed by atoms with Crippen molar-refractivity contribution in [2.75, 3.05) is 0 Å². The molecule has 1 amide bonds. The number of benzene rings is 2. The Morgan fingerprint density at radius 3 is 2.84 bits per heavy atom. The molecular formula is C24H16ClN3OS2. The molecular weight excluding hydrogens is 446 g/mol. The zero-order valence-corrected chi connectivity index (χ0v) is 18.7. The molecule has 0 saturated carbocycles. The van der Waals surface area contributed by atoms with Gasteiger partial charge in [-0.05, 0) is 41.8 Å². The lowest BCUT2D eigenvalue weighted by atomic mass is 10.1. The molecule has 152 valence electrons. The summed E-state index contributed by atoms with van der Waals surface area (Å²) in [5.41, 5.74) is 3.05. The van der Waals surface area contributed by atoms with E-state index in [4.69, 9.17) is 16.6 Å². The molecule has 2 aromatic carbocycles. The number of thiazole rings is 1. The first-order valence-corrected chi connectivity index (χ1v) is 11.6. The van der Waals surface area contributed by atoms with Gasteiger partial charge in [-0.15, -0.1) is 17.9 Å². The molecule has 3 heterocycles. The molecule has 0 radical (unpaired) electrons. The van der Waals surface area contributed by atoms with Crippen LogP contribution in [0, 0.1) is 0 Å². The minimum atomic E-state index is -0.299. The van der Waals surface area contributed by atoms with Gasteiger partial charge in [0.1, 0.15) is 0 Å². The molecule has 0 aliphatic heterocycles. The second-order valence-corrected chi connectivity index (χ2v) is 9.26. The summed E-state index contributed by atoms with van der Waals surface area (Å²) in [6.45, 7) is 4.39. The van der Waals surface area contributed by atoms with E-state index in [2.05, 4.69) is 11.6 Å². The van der Waals surface area contributed by atoms with E-state index < -0.39 is 0 Å². The highest BCUT2D eigenvalue weighted by atomic mass is 35.5. The van der Waals surface area contributed by atoms with E-state index >= 15 is 0 Å². The third-order valence-corrected chi connectivity index (χ3v) is 7.04. The van der Waals surface area contributed by atoms with Crippen molar-refractivity contribution in [1.82, 2.24) is 9.55 Å². The third-order valence-electron chi connectivity index (χ3n) is 4.87. The molecule has 5 rings (SSSR count). The van der Waals surface area contributed by atoms with Crippen molar-refractivity contribution >= 4 is 61.3 Å². The number of aromatic nitrogens is 2. The maximum absolute atomic E-state index is 13.4. The number of thiophene rings is 1. The van der Waals surface area contributed by atoms with Gasteiger partial charge in [0.25, 0.3) is 5.91 Å². The third kappa shape index (κ3) is 3.74. The van der Waals surface area contributed by atoms with Gasteiger partial charge >= 0.3 is 0 Å². The Hall–Kier alpha value is -3.06. The SMILES string of the molecule is C=CCn1c(=NC(=O)c2cc(-c3cccs3)nc3ccccc23)sc2cc(Cl)ccc21. The second kappa shape index (κ2) is 8.23. The first-order chi connectivity index (χ1) is 15.1. The molecule has 0 bridgehead atoms. The normalized spacial score (nSPS) is 12.0. The molecule has 0 fully saturated rings. The lowest BCUT2D eigenvalue weighted by molar-refractivity contribution is 0.0999. The minimum absolute atomic E-state index is 0.299. The van der Waals surface area contributed by atoms with E-state index in [1.165, 1.54) is 11.3 Å². The number of rotatable bonds is 4. The van der Waals surface area contributed by atoms with Gasteiger partial charge in [0.15, 0.2) is 4.80 Å². The fourth-order valence-electron chi connectivity index (χ4n) is 3.49. The number of carbonyl (C=O) groups is 1. The standard InChI is InChI=1S/C24H16ClN3OS2/c1-2-11-28-20-10-9-15(25)13-22(20)31-24(28)27-23(29)17-14-19(21-8-5-12-30-21)26-18-7-4-3-6-16(17)18/h2-10,12-14H,1,11H2. The number of allylic oxidation sites excluding steroid dienone is 1. The minimum Gasteiger partial charge on any atom is -0.312 e. The van der Waals surface area contributed by atoms with Gasteiger partial charge in [0, 0.05) is 17.0 Å². The Morgan fingerprint density at radius 1 is 1.16 bits per heavy atom. The summed E-state index contributed by atoms with van der Waals surface area (Å²) in [7, 11) is 0. The van der Waals surface area contributed by atoms with Crippen LogP contribution in [0.15, 0.2) is 83.7 Å². The quantitative estimate of drug-likeness (QED) is 0.284. The topological polar surface area (TPSA) is 47.2 Å². The number of pyridine rings is 1. The molecule has 3 aromatic heterocycles. The highest BCUT2D eigenvalue weighted by Gasteiger charge is 2.15. The van der Waals surface area contributed by atoms with Crippen molar-refractivity contribution < 1.29 is 4.79 Å².